The van der Waals surface area contributed by atoms with E-state index in [1.165, 1.54) is 11.3 Å². The van der Waals surface area contributed by atoms with Crippen LogP contribution in [0.3, 0.4) is 0 Å². The van der Waals surface area contributed by atoms with E-state index in [0.717, 1.165) is 5.01 Å². The summed E-state index contributed by atoms with van der Waals surface area (Å²) in [4.78, 5) is 3.99. The van der Waals surface area contributed by atoms with E-state index in [-0.39, 0.29) is 5.75 Å². The van der Waals surface area contributed by atoms with Crippen molar-refractivity contribution in [2.45, 2.75) is 13.0 Å². The van der Waals surface area contributed by atoms with Crippen LogP contribution in [-0.2, 0) is 16.6 Å². The fourth-order valence-electron chi connectivity index (χ4n) is 1.02. The molecule has 0 saturated carbocycles. The summed E-state index contributed by atoms with van der Waals surface area (Å²) in [7, 11) is -1.35. The van der Waals surface area contributed by atoms with E-state index in [2.05, 4.69) is 15.0 Å². The molecule has 1 heterocycles. The number of nitrogens with zero attached hydrogens (tertiary/aromatic N) is 1. The van der Waals surface area contributed by atoms with E-state index in [1.54, 1.807) is 13.2 Å². The van der Waals surface area contributed by atoms with Crippen molar-refractivity contribution in [2.24, 2.45) is 0 Å². The Morgan fingerprint density at radius 3 is 2.93 bits per heavy atom. The van der Waals surface area contributed by atoms with Gasteiger partial charge in [0, 0.05) is 11.6 Å². The Morgan fingerprint density at radius 2 is 2.33 bits per heavy atom. The number of aromatic nitrogens is 1. The zero-order valence-corrected chi connectivity index (χ0v) is 10.2. The molecule has 1 aromatic rings. The minimum absolute atomic E-state index is 0.152. The van der Waals surface area contributed by atoms with E-state index >= 15 is 0 Å². The van der Waals surface area contributed by atoms with Gasteiger partial charge in [0.05, 0.1) is 12.3 Å². The number of sulfonamides is 1. The second-order valence-electron chi connectivity index (χ2n) is 3.02. The molecule has 0 aliphatic heterocycles. The number of nitrogens with one attached hydrogen (secondary N) is 2. The SMILES string of the molecule is CNCCCS(=O)(=O)NCc1nccs1. The average molecular weight is 249 g/mol. The summed E-state index contributed by atoms with van der Waals surface area (Å²) in [5.41, 5.74) is 0. The van der Waals surface area contributed by atoms with Crippen molar-refractivity contribution in [2.75, 3.05) is 19.3 Å². The molecule has 0 aliphatic rings. The second-order valence-corrected chi connectivity index (χ2v) is 5.93. The number of hydrogen-bond acceptors (Lipinski definition) is 5. The Bertz CT molecular complexity index is 361. The highest BCUT2D eigenvalue weighted by Crippen LogP contribution is 2.03. The topological polar surface area (TPSA) is 71.1 Å². The second kappa shape index (κ2) is 6.16. The van der Waals surface area contributed by atoms with Crippen LogP contribution in [0.4, 0.5) is 0 Å². The van der Waals surface area contributed by atoms with Crippen molar-refractivity contribution < 1.29 is 8.42 Å². The lowest BCUT2D eigenvalue weighted by molar-refractivity contribution is 0.577. The molecule has 86 valence electrons. The first-order valence-electron chi connectivity index (χ1n) is 4.64. The van der Waals surface area contributed by atoms with Gasteiger partial charge >= 0.3 is 0 Å². The van der Waals surface area contributed by atoms with Crippen molar-refractivity contribution in [3.05, 3.63) is 16.6 Å². The predicted octanol–water partition coefficient (Wildman–Crippen LogP) is 0.172. The van der Waals surface area contributed by atoms with Crippen LogP contribution in [-0.4, -0.2) is 32.7 Å². The Morgan fingerprint density at radius 1 is 1.53 bits per heavy atom. The summed E-state index contributed by atoms with van der Waals surface area (Å²) in [6.07, 6.45) is 2.28. The standard InChI is InChI=1S/C8H15N3O2S2/c1-9-3-2-6-15(12,13)11-7-8-10-4-5-14-8/h4-5,9,11H,2-3,6-7H2,1H3. The van der Waals surface area contributed by atoms with Gasteiger partial charge in [-0.3, -0.25) is 0 Å². The molecular weight excluding hydrogens is 234 g/mol. The largest absolute Gasteiger partial charge is 0.320 e. The third-order valence-electron chi connectivity index (χ3n) is 1.77. The Hall–Kier alpha value is -0.500. The minimum Gasteiger partial charge on any atom is -0.320 e. The van der Waals surface area contributed by atoms with Gasteiger partial charge in [0.1, 0.15) is 5.01 Å². The Balaban J connectivity index is 2.30. The molecule has 0 saturated heterocycles. The van der Waals surface area contributed by atoms with Crippen LogP contribution in [0.25, 0.3) is 0 Å². The van der Waals surface area contributed by atoms with E-state index in [0.29, 0.717) is 19.5 Å². The molecule has 1 aromatic heterocycles. The molecule has 15 heavy (non-hydrogen) atoms. The molecule has 7 heteroatoms. The van der Waals surface area contributed by atoms with Crippen molar-refractivity contribution in [3.8, 4) is 0 Å². The molecule has 0 radical (unpaired) electrons. The zero-order valence-electron chi connectivity index (χ0n) is 8.56. The Kier molecular flexibility index (Phi) is 5.16. The van der Waals surface area contributed by atoms with Crippen LogP contribution >= 0.6 is 11.3 Å². The average Bonchev–Trinajstić information content (AvgIpc) is 2.68. The molecular formula is C8H15N3O2S2. The smallest absolute Gasteiger partial charge is 0.212 e. The number of rotatable bonds is 7. The minimum atomic E-state index is -3.15. The lowest BCUT2D eigenvalue weighted by Crippen LogP contribution is -2.27. The highest BCUT2D eigenvalue weighted by Gasteiger charge is 2.09. The van der Waals surface area contributed by atoms with E-state index in [1.807, 2.05) is 5.38 Å². The molecule has 2 N–H and O–H groups in total. The third-order valence-corrected chi connectivity index (χ3v) is 3.96. The van der Waals surface area contributed by atoms with Gasteiger partial charge in [-0.25, -0.2) is 18.1 Å². The van der Waals surface area contributed by atoms with Crippen LogP contribution in [0.2, 0.25) is 0 Å². The van der Waals surface area contributed by atoms with Crippen molar-refractivity contribution in [3.63, 3.8) is 0 Å². The van der Waals surface area contributed by atoms with Gasteiger partial charge in [0.15, 0.2) is 0 Å². The van der Waals surface area contributed by atoms with E-state index in [4.69, 9.17) is 0 Å². The van der Waals surface area contributed by atoms with Gasteiger partial charge in [-0.15, -0.1) is 11.3 Å². The van der Waals surface area contributed by atoms with Crippen molar-refractivity contribution >= 4 is 21.4 Å². The molecule has 0 atom stereocenters. The zero-order chi connectivity index (χ0) is 11.1. The molecule has 0 aromatic carbocycles. The molecule has 0 aliphatic carbocycles. The first-order valence-corrected chi connectivity index (χ1v) is 7.17. The Labute approximate surface area is 94.0 Å². The van der Waals surface area contributed by atoms with Gasteiger partial charge in [-0.05, 0) is 20.0 Å². The summed E-state index contributed by atoms with van der Waals surface area (Å²) in [5, 5.41) is 5.52. The van der Waals surface area contributed by atoms with Gasteiger partial charge in [0.25, 0.3) is 0 Å². The molecule has 0 spiro atoms. The quantitative estimate of drug-likeness (QED) is 0.676. The molecule has 0 amide bonds. The molecule has 1 rings (SSSR count). The van der Waals surface area contributed by atoms with Crippen LogP contribution in [0.1, 0.15) is 11.4 Å². The normalized spacial score (nSPS) is 11.8. The number of thiazole rings is 1. The monoisotopic (exact) mass is 249 g/mol. The van der Waals surface area contributed by atoms with Crippen molar-refractivity contribution in [1.82, 2.24) is 15.0 Å². The van der Waals surface area contributed by atoms with Crippen LogP contribution in [0, 0.1) is 0 Å². The summed E-state index contributed by atoms with van der Waals surface area (Å²) in [6.45, 7) is 0.998. The molecule has 0 fully saturated rings. The summed E-state index contributed by atoms with van der Waals surface area (Å²) < 4.78 is 25.4. The van der Waals surface area contributed by atoms with Crippen molar-refractivity contribution in [1.29, 1.82) is 0 Å². The lowest BCUT2D eigenvalue weighted by Gasteiger charge is -2.04. The fraction of sp³-hybridized carbons (Fsp3) is 0.625. The molecule has 0 bridgehead atoms. The van der Waals surface area contributed by atoms with E-state index < -0.39 is 10.0 Å². The first-order chi connectivity index (χ1) is 7.14. The lowest BCUT2D eigenvalue weighted by atomic mass is 10.5. The summed E-state index contributed by atoms with van der Waals surface area (Å²) >= 11 is 1.44. The van der Waals surface area contributed by atoms with Gasteiger partial charge in [-0.2, -0.15) is 0 Å². The third kappa shape index (κ3) is 5.22. The maximum Gasteiger partial charge on any atom is 0.212 e. The molecule has 0 unspecified atom stereocenters. The highest BCUT2D eigenvalue weighted by molar-refractivity contribution is 7.89. The van der Waals surface area contributed by atoms with Gasteiger partial charge in [0.2, 0.25) is 10.0 Å². The highest BCUT2D eigenvalue weighted by atomic mass is 32.2. The summed E-state index contributed by atoms with van der Waals surface area (Å²) in [5.74, 6) is 0.152. The van der Waals surface area contributed by atoms with Gasteiger partial charge in [-0.1, -0.05) is 0 Å². The summed E-state index contributed by atoms with van der Waals surface area (Å²) in [6, 6.07) is 0. The number of hydrogen-bond donors (Lipinski definition) is 2. The maximum absolute atomic E-state index is 11.4. The van der Waals surface area contributed by atoms with E-state index in [9.17, 15) is 8.42 Å². The first kappa shape index (κ1) is 12.6. The van der Waals surface area contributed by atoms with Gasteiger partial charge < -0.3 is 5.32 Å². The maximum atomic E-state index is 11.4. The van der Waals surface area contributed by atoms with Crippen LogP contribution in [0.15, 0.2) is 11.6 Å². The molecule has 5 nitrogen and oxygen atoms in total. The van der Waals surface area contributed by atoms with Crippen LogP contribution < -0.4 is 10.0 Å². The predicted molar refractivity (Wildman–Crippen MR) is 61.3 cm³/mol. The fourth-order valence-corrected chi connectivity index (χ4v) is 2.70. The van der Waals surface area contributed by atoms with Crippen LogP contribution in [0.5, 0.6) is 0 Å².